The van der Waals surface area contributed by atoms with Crippen LogP contribution in [0.2, 0.25) is 0 Å². The van der Waals surface area contributed by atoms with Crippen LogP contribution < -0.4 is 0 Å². The standard InChI is InChI=1S/C10H16/c1-6-9(3)8-10(4,5)7-2/h6-8H,1-2H2,3-5H3. The van der Waals surface area contributed by atoms with Crippen molar-refractivity contribution in [3.05, 3.63) is 37.0 Å². The Morgan fingerprint density at radius 3 is 2.10 bits per heavy atom. The Labute approximate surface area is 64.0 Å². The third kappa shape index (κ3) is 3.29. The molecule has 0 radical (unpaired) electrons. The molecule has 0 aliphatic heterocycles. The number of rotatable bonds is 3. The Morgan fingerprint density at radius 2 is 1.80 bits per heavy atom. The maximum Gasteiger partial charge on any atom is 0.000743 e. The van der Waals surface area contributed by atoms with E-state index in [0.29, 0.717) is 0 Å². The molecule has 0 aromatic rings. The number of allylic oxidation sites excluding steroid dienone is 4. The Morgan fingerprint density at radius 1 is 1.30 bits per heavy atom. The smallest absolute Gasteiger partial charge is 0.000743 e. The second-order valence-electron chi connectivity index (χ2n) is 3.12. The first kappa shape index (κ1) is 9.22. The molecule has 0 nitrogen and oxygen atoms in total. The van der Waals surface area contributed by atoms with Gasteiger partial charge in [0.2, 0.25) is 0 Å². The zero-order chi connectivity index (χ0) is 8.20. The van der Waals surface area contributed by atoms with E-state index in [1.54, 1.807) is 0 Å². The van der Waals surface area contributed by atoms with E-state index in [2.05, 4.69) is 33.1 Å². The number of hydrogen-bond acceptors (Lipinski definition) is 0. The second-order valence-corrected chi connectivity index (χ2v) is 3.12. The van der Waals surface area contributed by atoms with Gasteiger partial charge in [-0.15, -0.1) is 6.58 Å². The van der Waals surface area contributed by atoms with E-state index < -0.39 is 0 Å². The third-order valence-electron chi connectivity index (χ3n) is 1.45. The highest BCUT2D eigenvalue weighted by Crippen LogP contribution is 2.19. The van der Waals surface area contributed by atoms with E-state index in [4.69, 9.17) is 0 Å². The van der Waals surface area contributed by atoms with Crippen LogP contribution in [0.5, 0.6) is 0 Å². The summed E-state index contributed by atoms with van der Waals surface area (Å²) in [5, 5.41) is 0. The van der Waals surface area contributed by atoms with Gasteiger partial charge in [0.15, 0.2) is 0 Å². The zero-order valence-electron chi connectivity index (χ0n) is 7.15. The van der Waals surface area contributed by atoms with Crippen molar-refractivity contribution in [2.24, 2.45) is 5.41 Å². The van der Waals surface area contributed by atoms with E-state index >= 15 is 0 Å². The number of hydrogen-bond donors (Lipinski definition) is 0. The Bertz CT molecular complexity index is 159. The summed E-state index contributed by atoms with van der Waals surface area (Å²) in [5.74, 6) is 0. The fraction of sp³-hybridized carbons (Fsp3) is 0.400. The van der Waals surface area contributed by atoms with Gasteiger partial charge < -0.3 is 0 Å². The van der Waals surface area contributed by atoms with Gasteiger partial charge >= 0.3 is 0 Å². The summed E-state index contributed by atoms with van der Waals surface area (Å²) in [5.41, 5.74) is 1.29. The quantitative estimate of drug-likeness (QED) is 0.412. The van der Waals surface area contributed by atoms with Crippen molar-refractivity contribution in [2.45, 2.75) is 20.8 Å². The SMILES string of the molecule is C=CC(C)=CC(C)(C)C=C. The summed E-state index contributed by atoms with van der Waals surface area (Å²) in [7, 11) is 0. The highest BCUT2D eigenvalue weighted by atomic mass is 14.1. The van der Waals surface area contributed by atoms with Gasteiger partial charge in [-0.3, -0.25) is 0 Å². The molecule has 0 atom stereocenters. The molecule has 0 aliphatic rings. The minimum Gasteiger partial charge on any atom is -0.102 e. The highest BCUT2D eigenvalue weighted by molar-refractivity contribution is 5.19. The van der Waals surface area contributed by atoms with Crippen LogP contribution in [-0.4, -0.2) is 0 Å². The normalized spacial score (nSPS) is 12.9. The first-order valence-electron chi connectivity index (χ1n) is 3.47. The Kier molecular flexibility index (Phi) is 3.14. The molecule has 0 amide bonds. The predicted octanol–water partition coefficient (Wildman–Crippen LogP) is 3.33. The van der Waals surface area contributed by atoms with Crippen molar-refractivity contribution < 1.29 is 0 Å². The van der Waals surface area contributed by atoms with Gasteiger partial charge in [0, 0.05) is 5.41 Å². The van der Waals surface area contributed by atoms with Gasteiger partial charge in [-0.25, -0.2) is 0 Å². The first-order valence-corrected chi connectivity index (χ1v) is 3.47. The van der Waals surface area contributed by atoms with Crippen LogP contribution in [-0.2, 0) is 0 Å². The molecule has 0 N–H and O–H groups in total. The Hall–Kier alpha value is -0.780. The van der Waals surface area contributed by atoms with Crippen molar-refractivity contribution in [3.8, 4) is 0 Å². The van der Waals surface area contributed by atoms with Crippen molar-refractivity contribution in [1.82, 2.24) is 0 Å². The predicted molar refractivity (Wildman–Crippen MR) is 47.9 cm³/mol. The second kappa shape index (κ2) is 3.40. The van der Waals surface area contributed by atoms with Gasteiger partial charge in [0.05, 0.1) is 0 Å². The van der Waals surface area contributed by atoms with Crippen molar-refractivity contribution in [1.29, 1.82) is 0 Å². The highest BCUT2D eigenvalue weighted by Gasteiger charge is 2.07. The minimum absolute atomic E-state index is 0.0955. The fourth-order valence-electron chi connectivity index (χ4n) is 0.705. The third-order valence-corrected chi connectivity index (χ3v) is 1.45. The molecule has 0 aromatic heterocycles. The summed E-state index contributed by atoms with van der Waals surface area (Å²) >= 11 is 0. The average Bonchev–Trinajstić information content (AvgIpc) is 1.87. The molecular formula is C10H16. The molecule has 0 rings (SSSR count). The molecule has 0 heterocycles. The van der Waals surface area contributed by atoms with Crippen LogP contribution in [0, 0.1) is 5.41 Å². The molecular weight excluding hydrogens is 120 g/mol. The molecule has 0 saturated heterocycles. The lowest BCUT2D eigenvalue weighted by atomic mass is 9.91. The maximum atomic E-state index is 3.74. The monoisotopic (exact) mass is 136 g/mol. The molecule has 0 bridgehead atoms. The zero-order valence-corrected chi connectivity index (χ0v) is 7.15. The van der Waals surface area contributed by atoms with Crippen LogP contribution in [0.3, 0.4) is 0 Å². The maximum absolute atomic E-state index is 3.74. The van der Waals surface area contributed by atoms with Crippen LogP contribution >= 0.6 is 0 Å². The van der Waals surface area contributed by atoms with Crippen molar-refractivity contribution >= 4 is 0 Å². The van der Waals surface area contributed by atoms with Gasteiger partial charge in [-0.2, -0.15) is 0 Å². The lowest BCUT2D eigenvalue weighted by Crippen LogP contribution is -2.01. The summed E-state index contributed by atoms with van der Waals surface area (Å²) in [6, 6.07) is 0. The van der Waals surface area contributed by atoms with E-state index in [-0.39, 0.29) is 5.41 Å². The molecule has 0 heteroatoms. The van der Waals surface area contributed by atoms with Crippen LogP contribution in [0.15, 0.2) is 37.0 Å². The molecule has 0 unspecified atom stereocenters. The van der Waals surface area contributed by atoms with Gasteiger partial charge in [-0.05, 0) is 6.92 Å². The summed E-state index contributed by atoms with van der Waals surface area (Å²) < 4.78 is 0. The fourth-order valence-corrected chi connectivity index (χ4v) is 0.705. The molecule has 0 fully saturated rings. The van der Waals surface area contributed by atoms with Gasteiger partial charge in [0.1, 0.15) is 0 Å². The van der Waals surface area contributed by atoms with E-state index in [1.807, 2.05) is 19.1 Å². The van der Waals surface area contributed by atoms with Crippen molar-refractivity contribution in [2.75, 3.05) is 0 Å². The first-order chi connectivity index (χ1) is 4.52. The molecule has 0 saturated carbocycles. The Balaban J connectivity index is 4.37. The molecule has 10 heavy (non-hydrogen) atoms. The van der Waals surface area contributed by atoms with Crippen LogP contribution in [0.25, 0.3) is 0 Å². The van der Waals surface area contributed by atoms with E-state index in [1.165, 1.54) is 5.57 Å². The topological polar surface area (TPSA) is 0 Å². The summed E-state index contributed by atoms with van der Waals surface area (Å²) in [4.78, 5) is 0. The van der Waals surface area contributed by atoms with Crippen molar-refractivity contribution in [3.63, 3.8) is 0 Å². The summed E-state index contributed by atoms with van der Waals surface area (Å²) in [6.07, 6.45) is 5.93. The largest absolute Gasteiger partial charge is 0.102 e. The van der Waals surface area contributed by atoms with Gasteiger partial charge in [0.25, 0.3) is 0 Å². The van der Waals surface area contributed by atoms with Gasteiger partial charge in [-0.1, -0.05) is 44.2 Å². The molecule has 0 aliphatic carbocycles. The van der Waals surface area contributed by atoms with Crippen LogP contribution in [0.4, 0.5) is 0 Å². The van der Waals surface area contributed by atoms with Crippen LogP contribution in [0.1, 0.15) is 20.8 Å². The van der Waals surface area contributed by atoms with E-state index in [0.717, 1.165) is 0 Å². The lowest BCUT2D eigenvalue weighted by molar-refractivity contribution is 0.624. The molecule has 56 valence electrons. The molecule has 0 spiro atoms. The lowest BCUT2D eigenvalue weighted by Gasteiger charge is -2.14. The average molecular weight is 136 g/mol. The minimum atomic E-state index is 0.0955. The van der Waals surface area contributed by atoms with E-state index in [9.17, 15) is 0 Å². The summed E-state index contributed by atoms with van der Waals surface area (Å²) in [6.45, 7) is 13.7. The molecule has 0 aromatic carbocycles.